The van der Waals surface area contributed by atoms with E-state index < -0.39 is 15.6 Å². The van der Waals surface area contributed by atoms with Crippen molar-refractivity contribution < 1.29 is 18.3 Å². The Hall–Kier alpha value is -0.710. The third-order valence-electron chi connectivity index (χ3n) is 2.92. The molecule has 0 radical (unpaired) electrons. The fourth-order valence-corrected chi connectivity index (χ4v) is 4.32. The van der Waals surface area contributed by atoms with Gasteiger partial charge in [0.2, 0.25) is 0 Å². The summed E-state index contributed by atoms with van der Waals surface area (Å²) in [5.41, 5.74) is -1.21. The summed E-state index contributed by atoms with van der Waals surface area (Å²) >= 11 is 7.18. The van der Waals surface area contributed by atoms with Gasteiger partial charge in [-0.05, 0) is 6.92 Å². The Balaban J connectivity index is 2.19. The van der Waals surface area contributed by atoms with Crippen LogP contribution in [-0.4, -0.2) is 48.8 Å². The van der Waals surface area contributed by atoms with E-state index in [1.807, 2.05) is 0 Å². The van der Waals surface area contributed by atoms with Crippen LogP contribution < -0.4 is 4.72 Å². The lowest BCUT2D eigenvalue weighted by Gasteiger charge is -2.23. The molecule has 0 aliphatic rings. The van der Waals surface area contributed by atoms with Crippen LogP contribution in [-0.2, 0) is 14.8 Å². The summed E-state index contributed by atoms with van der Waals surface area (Å²) in [6.07, 6.45) is 1.89. The maximum atomic E-state index is 12.4. The third-order valence-corrected chi connectivity index (χ3v) is 5.48. The highest BCUT2D eigenvalue weighted by atomic mass is 35.5. The summed E-state index contributed by atoms with van der Waals surface area (Å²) in [4.78, 5) is 4.47. The summed E-state index contributed by atoms with van der Waals surface area (Å²) in [6.45, 7) is 1.72. The van der Waals surface area contributed by atoms with Crippen LogP contribution in [0.25, 0.3) is 4.96 Å². The van der Waals surface area contributed by atoms with Gasteiger partial charge in [-0.25, -0.2) is 18.1 Å². The number of aliphatic hydroxyl groups is 1. The van der Waals surface area contributed by atoms with Crippen LogP contribution in [0.5, 0.6) is 0 Å². The predicted octanol–water partition coefficient (Wildman–Crippen LogP) is 1.11. The topological polar surface area (TPSA) is 92.9 Å². The number of aromatic nitrogens is 2. The van der Waals surface area contributed by atoms with Gasteiger partial charge in [0.05, 0.1) is 5.60 Å². The summed E-state index contributed by atoms with van der Waals surface area (Å²) < 4.78 is 33.3. The zero-order valence-electron chi connectivity index (χ0n) is 11.5. The molecule has 0 saturated heterocycles. The van der Waals surface area contributed by atoms with Gasteiger partial charge in [0, 0.05) is 38.3 Å². The fraction of sp³-hybridized carbons (Fsp3) is 0.545. The molecule has 2 heterocycles. The molecule has 118 valence electrons. The minimum absolute atomic E-state index is 0.0918. The number of nitrogens with zero attached hydrogens (tertiary/aromatic N) is 2. The lowest BCUT2D eigenvalue weighted by molar-refractivity contribution is 0.0292. The van der Waals surface area contributed by atoms with Gasteiger partial charge in [-0.3, -0.25) is 4.40 Å². The molecule has 21 heavy (non-hydrogen) atoms. The number of thiazole rings is 1. The van der Waals surface area contributed by atoms with Crippen molar-refractivity contribution in [3.05, 3.63) is 16.7 Å². The van der Waals surface area contributed by atoms with Gasteiger partial charge in [-0.2, -0.15) is 0 Å². The van der Waals surface area contributed by atoms with Crippen LogP contribution in [0.3, 0.4) is 0 Å². The molecule has 7 nitrogen and oxygen atoms in total. The van der Waals surface area contributed by atoms with E-state index in [9.17, 15) is 13.5 Å². The quantitative estimate of drug-likeness (QED) is 0.778. The molecule has 0 spiro atoms. The van der Waals surface area contributed by atoms with Crippen molar-refractivity contribution in [2.45, 2.75) is 24.0 Å². The van der Waals surface area contributed by atoms with Gasteiger partial charge in [-0.15, -0.1) is 11.3 Å². The molecule has 0 aliphatic heterocycles. The summed E-state index contributed by atoms with van der Waals surface area (Å²) in [7, 11) is -2.36. The first-order valence-corrected chi connectivity index (χ1v) is 8.83. The average Bonchev–Trinajstić information content (AvgIpc) is 2.93. The Morgan fingerprint density at radius 2 is 2.33 bits per heavy atom. The molecule has 2 N–H and O–H groups in total. The normalized spacial score (nSPS) is 15.4. The van der Waals surface area contributed by atoms with Gasteiger partial charge >= 0.3 is 0 Å². The number of methoxy groups -OCH3 is 1. The number of fused-ring (bicyclic) bond motifs is 1. The van der Waals surface area contributed by atoms with Crippen molar-refractivity contribution in [3.63, 3.8) is 0 Å². The number of sulfonamides is 1. The molecular formula is C11H16ClN3O4S2. The molecule has 0 amide bonds. The van der Waals surface area contributed by atoms with Gasteiger partial charge in [0.1, 0.15) is 0 Å². The zero-order valence-corrected chi connectivity index (χ0v) is 13.9. The van der Waals surface area contributed by atoms with Crippen LogP contribution in [0, 0.1) is 0 Å². The smallest absolute Gasteiger partial charge is 0.259 e. The van der Waals surface area contributed by atoms with E-state index in [4.69, 9.17) is 16.3 Å². The lowest BCUT2D eigenvalue weighted by atomic mass is 10.0. The molecule has 0 aromatic carbocycles. The highest BCUT2D eigenvalue weighted by molar-refractivity contribution is 7.89. The predicted molar refractivity (Wildman–Crippen MR) is 80.4 cm³/mol. The van der Waals surface area contributed by atoms with E-state index in [0.29, 0.717) is 18.0 Å². The second-order valence-corrected chi connectivity index (χ2v) is 7.74. The number of hydrogen-bond acceptors (Lipinski definition) is 6. The van der Waals surface area contributed by atoms with Gasteiger partial charge in [-0.1, -0.05) is 11.6 Å². The molecule has 0 aliphatic carbocycles. The second-order valence-electron chi connectivity index (χ2n) is 4.83. The number of rotatable bonds is 7. The maximum absolute atomic E-state index is 12.4. The molecule has 2 aromatic heterocycles. The van der Waals surface area contributed by atoms with E-state index in [1.165, 1.54) is 29.8 Å². The van der Waals surface area contributed by atoms with Crippen LogP contribution in [0.2, 0.25) is 5.15 Å². The maximum Gasteiger partial charge on any atom is 0.259 e. The molecule has 0 saturated carbocycles. The van der Waals surface area contributed by atoms with E-state index >= 15 is 0 Å². The van der Waals surface area contributed by atoms with Crippen LogP contribution in [0.15, 0.2) is 16.6 Å². The molecule has 0 bridgehead atoms. The Kier molecular flexibility index (Phi) is 4.91. The van der Waals surface area contributed by atoms with Crippen LogP contribution >= 0.6 is 22.9 Å². The van der Waals surface area contributed by atoms with Gasteiger partial charge in [0.15, 0.2) is 15.1 Å². The van der Waals surface area contributed by atoms with Crippen molar-refractivity contribution in [1.29, 1.82) is 0 Å². The van der Waals surface area contributed by atoms with Crippen molar-refractivity contribution in [2.75, 3.05) is 20.3 Å². The van der Waals surface area contributed by atoms with Gasteiger partial charge in [0.25, 0.3) is 10.0 Å². The Bertz CT molecular complexity index is 723. The summed E-state index contributed by atoms with van der Waals surface area (Å²) in [5.74, 6) is 0. The Morgan fingerprint density at radius 1 is 1.62 bits per heavy atom. The van der Waals surface area contributed by atoms with Crippen molar-refractivity contribution in [3.8, 4) is 0 Å². The van der Waals surface area contributed by atoms with Crippen LogP contribution in [0.4, 0.5) is 0 Å². The number of hydrogen-bond donors (Lipinski definition) is 2. The second kappa shape index (κ2) is 6.19. The minimum Gasteiger partial charge on any atom is -0.389 e. The summed E-state index contributed by atoms with van der Waals surface area (Å²) in [6, 6.07) is 0. The van der Waals surface area contributed by atoms with E-state index in [-0.39, 0.29) is 16.7 Å². The van der Waals surface area contributed by atoms with Crippen LogP contribution in [0.1, 0.15) is 13.3 Å². The molecule has 2 rings (SSSR count). The summed E-state index contributed by atoms with van der Waals surface area (Å²) in [5, 5.41) is 11.6. The lowest BCUT2D eigenvalue weighted by Crippen LogP contribution is -2.41. The van der Waals surface area contributed by atoms with Crippen molar-refractivity contribution in [2.24, 2.45) is 0 Å². The zero-order chi connectivity index (χ0) is 15.7. The first-order valence-electron chi connectivity index (χ1n) is 6.09. The molecule has 1 atom stereocenters. The Morgan fingerprint density at radius 3 is 3.00 bits per heavy atom. The molecule has 0 fully saturated rings. The SMILES string of the molecule is COCCC(C)(O)CNS(=O)(=O)c1c(Cl)nc2sccn12. The first kappa shape index (κ1) is 16.7. The van der Waals surface area contributed by atoms with E-state index in [2.05, 4.69) is 9.71 Å². The third kappa shape index (κ3) is 3.74. The van der Waals surface area contributed by atoms with Gasteiger partial charge < -0.3 is 9.84 Å². The molecule has 10 heteroatoms. The van der Waals surface area contributed by atoms with Crippen molar-refractivity contribution >= 4 is 37.9 Å². The largest absolute Gasteiger partial charge is 0.389 e. The standard InChI is InChI=1S/C11H16ClN3O4S2/c1-11(16,3-5-19-2)7-13-21(17,18)9-8(12)14-10-15(9)4-6-20-10/h4,6,13,16H,3,5,7H2,1-2H3. The number of ether oxygens (including phenoxy) is 1. The number of halogens is 1. The molecular weight excluding hydrogens is 338 g/mol. The number of imidazole rings is 1. The minimum atomic E-state index is -3.88. The average molecular weight is 354 g/mol. The van der Waals surface area contributed by atoms with E-state index in [0.717, 1.165) is 0 Å². The monoisotopic (exact) mass is 353 g/mol. The molecule has 1 unspecified atom stereocenters. The fourth-order valence-electron chi connectivity index (χ4n) is 1.71. The highest BCUT2D eigenvalue weighted by Gasteiger charge is 2.28. The van der Waals surface area contributed by atoms with Crippen molar-refractivity contribution in [1.82, 2.24) is 14.1 Å². The Labute approximate surface area is 131 Å². The molecule has 2 aromatic rings. The first-order chi connectivity index (χ1) is 9.77. The number of nitrogens with one attached hydrogen (secondary N) is 1. The highest BCUT2D eigenvalue weighted by Crippen LogP contribution is 2.25. The van der Waals surface area contributed by atoms with E-state index in [1.54, 1.807) is 11.6 Å².